The minimum atomic E-state index is -0.280. The lowest BCUT2D eigenvalue weighted by atomic mass is 9.90. The minimum Gasteiger partial charge on any atom is -0.445 e. The van der Waals surface area contributed by atoms with Gasteiger partial charge in [-0.15, -0.1) is 0 Å². The third kappa shape index (κ3) is 5.93. The summed E-state index contributed by atoms with van der Waals surface area (Å²) in [4.78, 5) is 14.7. The van der Waals surface area contributed by atoms with Gasteiger partial charge >= 0.3 is 6.09 Å². The lowest BCUT2D eigenvalue weighted by Gasteiger charge is -2.39. The van der Waals surface area contributed by atoms with E-state index < -0.39 is 0 Å². The second-order valence-electron chi connectivity index (χ2n) is 7.52. The smallest absolute Gasteiger partial charge is 0.410 e. The van der Waals surface area contributed by atoms with Crippen LogP contribution in [-0.4, -0.2) is 16.5 Å². The van der Waals surface area contributed by atoms with Crippen LogP contribution in [0, 0.1) is 5.92 Å². The predicted molar refractivity (Wildman–Crippen MR) is 102 cm³/mol. The summed E-state index contributed by atoms with van der Waals surface area (Å²) < 4.78 is 5.62. The maximum atomic E-state index is 12.9. The maximum Gasteiger partial charge on any atom is 0.410 e. The van der Waals surface area contributed by atoms with Crippen molar-refractivity contribution in [3.8, 4) is 0 Å². The highest BCUT2D eigenvalue weighted by Crippen LogP contribution is 2.26. The molecule has 0 fully saturated rings. The van der Waals surface area contributed by atoms with Crippen LogP contribution in [-0.2, 0) is 17.9 Å². The molecule has 2 rings (SSSR count). The van der Waals surface area contributed by atoms with Crippen molar-refractivity contribution in [3.05, 3.63) is 71.8 Å². The summed E-state index contributed by atoms with van der Waals surface area (Å²) in [5, 5.41) is 0. The summed E-state index contributed by atoms with van der Waals surface area (Å²) in [6, 6.07) is 19.9. The summed E-state index contributed by atoms with van der Waals surface area (Å²) in [6.45, 7) is 9.42. The Kier molecular flexibility index (Phi) is 6.63. The first-order valence-corrected chi connectivity index (χ1v) is 8.91. The Morgan fingerprint density at radius 3 is 2.00 bits per heavy atom. The fourth-order valence-corrected chi connectivity index (χ4v) is 3.20. The number of nitrogens with zero attached hydrogens (tertiary/aromatic N) is 1. The molecule has 0 bridgehead atoms. The number of ether oxygens (including phenoxy) is 1. The zero-order valence-electron chi connectivity index (χ0n) is 15.7. The number of hydrogen-bond acceptors (Lipinski definition) is 2. The normalized spacial score (nSPS) is 11.4. The van der Waals surface area contributed by atoms with Crippen LogP contribution in [0.4, 0.5) is 4.79 Å². The number of rotatable bonds is 7. The Bertz CT molecular complexity index is 650. The van der Waals surface area contributed by atoms with Crippen LogP contribution in [0.2, 0.25) is 0 Å². The Hall–Kier alpha value is -2.29. The van der Waals surface area contributed by atoms with Crippen molar-refractivity contribution in [2.75, 3.05) is 0 Å². The summed E-state index contributed by atoms with van der Waals surface area (Å²) in [6.07, 6.45) is 0.652. The molecule has 134 valence electrons. The molecule has 2 aromatic carbocycles. The first-order chi connectivity index (χ1) is 11.9. The van der Waals surface area contributed by atoms with Gasteiger partial charge in [-0.3, -0.25) is 4.90 Å². The highest BCUT2D eigenvalue weighted by molar-refractivity contribution is 5.68. The Morgan fingerprint density at radius 1 is 0.960 bits per heavy atom. The van der Waals surface area contributed by atoms with Crippen LogP contribution in [0.3, 0.4) is 0 Å². The molecule has 2 aromatic rings. The lowest BCUT2D eigenvalue weighted by Crippen LogP contribution is -2.48. The molecular weight excluding hydrogens is 310 g/mol. The molecule has 0 unspecified atom stereocenters. The number of carbonyl (C=O) groups is 1. The maximum absolute atomic E-state index is 12.9. The van der Waals surface area contributed by atoms with Gasteiger partial charge in [-0.1, -0.05) is 74.5 Å². The molecule has 3 nitrogen and oxygen atoms in total. The van der Waals surface area contributed by atoms with Crippen LogP contribution in [0.15, 0.2) is 60.7 Å². The molecule has 0 aliphatic heterocycles. The predicted octanol–water partition coefficient (Wildman–Crippen LogP) is 5.65. The summed E-state index contributed by atoms with van der Waals surface area (Å²) in [5.74, 6) is 0.496. The molecule has 0 aliphatic rings. The SMILES string of the molecule is CC(C)CC(C)(C)N(Cc1ccccc1)C(=O)OCc1ccccc1. The lowest BCUT2D eigenvalue weighted by molar-refractivity contribution is 0.0450. The topological polar surface area (TPSA) is 29.5 Å². The van der Waals surface area contributed by atoms with E-state index in [0.717, 1.165) is 17.5 Å². The third-order valence-electron chi connectivity index (χ3n) is 4.25. The van der Waals surface area contributed by atoms with E-state index in [4.69, 9.17) is 4.74 Å². The third-order valence-corrected chi connectivity index (χ3v) is 4.25. The molecule has 0 N–H and O–H groups in total. The van der Waals surface area contributed by atoms with E-state index in [1.165, 1.54) is 0 Å². The van der Waals surface area contributed by atoms with Gasteiger partial charge in [0.15, 0.2) is 0 Å². The fraction of sp³-hybridized carbons (Fsp3) is 0.409. The highest BCUT2D eigenvalue weighted by atomic mass is 16.6. The van der Waals surface area contributed by atoms with Gasteiger partial charge in [0.2, 0.25) is 0 Å². The van der Waals surface area contributed by atoms with Crippen molar-refractivity contribution >= 4 is 6.09 Å². The molecule has 0 radical (unpaired) electrons. The Labute approximate surface area is 151 Å². The van der Waals surface area contributed by atoms with Gasteiger partial charge in [0, 0.05) is 12.1 Å². The molecule has 1 amide bonds. The van der Waals surface area contributed by atoms with Gasteiger partial charge in [-0.05, 0) is 37.3 Å². The summed E-state index contributed by atoms with van der Waals surface area (Å²) >= 11 is 0. The summed E-state index contributed by atoms with van der Waals surface area (Å²) in [5.41, 5.74) is 1.82. The van der Waals surface area contributed by atoms with Gasteiger partial charge in [-0.2, -0.15) is 0 Å². The average molecular weight is 339 g/mol. The van der Waals surface area contributed by atoms with Crippen molar-refractivity contribution in [1.82, 2.24) is 4.90 Å². The molecular formula is C22H29NO2. The van der Waals surface area contributed by atoms with E-state index in [2.05, 4.69) is 27.7 Å². The van der Waals surface area contributed by atoms with E-state index in [1.807, 2.05) is 65.6 Å². The highest BCUT2D eigenvalue weighted by Gasteiger charge is 2.32. The van der Waals surface area contributed by atoms with Crippen LogP contribution in [0.25, 0.3) is 0 Å². The zero-order valence-corrected chi connectivity index (χ0v) is 15.7. The molecule has 0 aromatic heterocycles. The van der Waals surface area contributed by atoms with Gasteiger partial charge in [0.1, 0.15) is 6.61 Å². The van der Waals surface area contributed by atoms with E-state index in [9.17, 15) is 4.79 Å². The van der Waals surface area contributed by atoms with Crippen molar-refractivity contribution < 1.29 is 9.53 Å². The van der Waals surface area contributed by atoms with Crippen molar-refractivity contribution in [2.24, 2.45) is 5.92 Å². The molecule has 0 spiro atoms. The number of benzene rings is 2. The number of hydrogen-bond donors (Lipinski definition) is 0. The Morgan fingerprint density at radius 2 is 1.48 bits per heavy atom. The van der Waals surface area contributed by atoms with E-state index >= 15 is 0 Å². The zero-order chi connectivity index (χ0) is 18.3. The van der Waals surface area contributed by atoms with Crippen molar-refractivity contribution in [2.45, 2.75) is 52.8 Å². The van der Waals surface area contributed by atoms with Crippen LogP contribution in [0.1, 0.15) is 45.2 Å². The Balaban J connectivity index is 2.13. The monoisotopic (exact) mass is 339 g/mol. The van der Waals surface area contributed by atoms with E-state index in [-0.39, 0.29) is 11.6 Å². The van der Waals surface area contributed by atoms with E-state index in [1.54, 1.807) is 0 Å². The van der Waals surface area contributed by atoms with Crippen LogP contribution in [0.5, 0.6) is 0 Å². The summed E-state index contributed by atoms with van der Waals surface area (Å²) in [7, 11) is 0. The van der Waals surface area contributed by atoms with Crippen molar-refractivity contribution in [3.63, 3.8) is 0 Å². The fourth-order valence-electron chi connectivity index (χ4n) is 3.20. The first kappa shape index (κ1) is 19.0. The van der Waals surface area contributed by atoms with Gasteiger partial charge in [0.25, 0.3) is 0 Å². The molecule has 0 saturated carbocycles. The quantitative estimate of drug-likeness (QED) is 0.652. The molecule has 0 atom stereocenters. The van der Waals surface area contributed by atoms with Crippen LogP contribution < -0.4 is 0 Å². The average Bonchev–Trinajstić information content (AvgIpc) is 2.58. The van der Waals surface area contributed by atoms with Gasteiger partial charge in [0.05, 0.1) is 0 Å². The molecule has 0 aliphatic carbocycles. The number of carbonyl (C=O) groups excluding carboxylic acids is 1. The minimum absolute atomic E-state index is 0.265. The first-order valence-electron chi connectivity index (χ1n) is 8.91. The molecule has 0 saturated heterocycles. The molecule has 25 heavy (non-hydrogen) atoms. The second kappa shape index (κ2) is 8.70. The van der Waals surface area contributed by atoms with Crippen LogP contribution >= 0.6 is 0 Å². The molecule has 0 heterocycles. The molecule has 3 heteroatoms. The second-order valence-corrected chi connectivity index (χ2v) is 7.52. The van der Waals surface area contributed by atoms with Gasteiger partial charge in [-0.25, -0.2) is 4.79 Å². The number of amides is 1. The van der Waals surface area contributed by atoms with E-state index in [0.29, 0.717) is 19.1 Å². The standard InChI is InChI=1S/C22H29NO2/c1-18(2)15-22(3,4)23(16-19-11-7-5-8-12-19)21(24)25-17-20-13-9-6-10-14-20/h5-14,18H,15-17H2,1-4H3. The van der Waals surface area contributed by atoms with Crippen molar-refractivity contribution in [1.29, 1.82) is 0 Å². The van der Waals surface area contributed by atoms with Gasteiger partial charge < -0.3 is 4.74 Å². The largest absolute Gasteiger partial charge is 0.445 e.